The van der Waals surface area contributed by atoms with E-state index < -0.39 is 12.0 Å². The van der Waals surface area contributed by atoms with Crippen molar-refractivity contribution in [2.24, 2.45) is 23.7 Å². The Morgan fingerprint density at radius 2 is 1.77 bits per heavy atom. The van der Waals surface area contributed by atoms with Gasteiger partial charge >= 0.3 is 0 Å². The summed E-state index contributed by atoms with van der Waals surface area (Å²) in [6.45, 7) is 16.5. The first-order valence-electron chi connectivity index (χ1n) is 21.6. The maximum atomic E-state index is 14.7. The molecule has 1 aliphatic heterocycles. The van der Waals surface area contributed by atoms with Gasteiger partial charge in [0.25, 0.3) is 5.91 Å². The quantitative estimate of drug-likeness (QED) is 0.0804. The lowest BCUT2D eigenvalue weighted by atomic mass is 9.82. The number of likely N-dealkylation sites (N-methyl/N-ethyl adjacent to an activating group) is 1. The van der Waals surface area contributed by atoms with E-state index in [4.69, 9.17) is 9.72 Å². The largest absolute Gasteiger partial charge is 0.508 e. The first kappa shape index (κ1) is 48.6. The smallest absolute Gasteiger partial charge is 0.270 e. The molecule has 3 rings (SSSR count). The fourth-order valence-corrected chi connectivity index (χ4v) is 9.01. The third kappa shape index (κ3) is 15.1. The molecule has 57 heavy (non-hydrogen) atoms. The van der Waals surface area contributed by atoms with Gasteiger partial charge in [0.15, 0.2) is 5.78 Å². The highest BCUT2D eigenvalue weighted by Gasteiger charge is 2.38. The number of Topliss-reactive ketones (excluding diaryl/α,β-unsaturated/α-hetero) is 2. The maximum absolute atomic E-state index is 14.7. The summed E-state index contributed by atoms with van der Waals surface area (Å²) in [5, 5.41) is 15.4. The summed E-state index contributed by atoms with van der Waals surface area (Å²) in [5.41, 5.74) is 1.22. The monoisotopic (exact) mass is 828 g/mol. The van der Waals surface area contributed by atoms with Crippen LogP contribution in [0.1, 0.15) is 146 Å². The van der Waals surface area contributed by atoms with Gasteiger partial charge in [0.05, 0.1) is 6.04 Å². The second kappa shape index (κ2) is 25.0. The SMILES string of the molecule is CCCO[C@H](C[C@H](C(C)C)N(CCC)C(=O)[C@@H](CC(=O)[C@H]1CCCCN1C)[C@@H](C)CC)c1nc(C(=O)N[C@@H](Cc2ccc(O)cc2)C[C@H](C)C(=O)CCCS)cs1. The highest BCUT2D eigenvalue weighted by atomic mass is 32.1. The highest BCUT2D eigenvalue weighted by molar-refractivity contribution is 7.80. The number of nitrogens with one attached hydrogen (secondary N) is 1. The number of phenolic OH excluding ortho intramolecular Hbond substituents is 1. The van der Waals surface area contributed by atoms with E-state index in [0.29, 0.717) is 56.0 Å². The topological polar surface area (TPSA) is 129 Å². The van der Waals surface area contributed by atoms with Crippen molar-refractivity contribution in [2.45, 2.75) is 150 Å². The Morgan fingerprint density at radius 1 is 1.05 bits per heavy atom. The van der Waals surface area contributed by atoms with Crippen molar-refractivity contribution >= 4 is 47.3 Å². The molecule has 2 aromatic rings. The van der Waals surface area contributed by atoms with Crippen LogP contribution in [0.2, 0.25) is 0 Å². The number of thiol groups is 1. The third-order valence-corrected chi connectivity index (χ3v) is 12.9. The van der Waals surface area contributed by atoms with E-state index >= 15 is 0 Å². The van der Waals surface area contributed by atoms with Gasteiger partial charge in [0.1, 0.15) is 28.3 Å². The Labute approximate surface area is 352 Å². The number of rotatable bonds is 26. The first-order valence-corrected chi connectivity index (χ1v) is 23.1. The molecule has 2 amide bonds. The van der Waals surface area contributed by atoms with E-state index in [-0.39, 0.29) is 77.1 Å². The number of hydrogen-bond acceptors (Lipinski definition) is 10. The second-order valence-corrected chi connectivity index (χ2v) is 18.0. The molecule has 1 fully saturated rings. The Morgan fingerprint density at radius 3 is 2.39 bits per heavy atom. The molecule has 7 atom stereocenters. The number of carbonyl (C=O) groups excluding carboxylic acids is 4. The molecule has 0 radical (unpaired) electrons. The number of amides is 2. The van der Waals surface area contributed by atoms with Crippen LogP contribution < -0.4 is 5.32 Å². The number of thiazole rings is 1. The summed E-state index contributed by atoms with van der Waals surface area (Å²) in [5.74, 6) is 0.366. The molecule has 2 N–H and O–H groups in total. The molecule has 0 unspecified atom stereocenters. The molecular formula is C45H72N4O6S2. The van der Waals surface area contributed by atoms with Crippen molar-refractivity contribution < 1.29 is 29.0 Å². The predicted octanol–water partition coefficient (Wildman–Crippen LogP) is 8.72. The molecule has 0 bridgehead atoms. The Kier molecular flexibility index (Phi) is 21.3. The molecule has 1 aliphatic rings. The van der Waals surface area contributed by atoms with E-state index in [2.05, 4.69) is 64.4 Å². The molecule has 1 saturated heterocycles. The van der Waals surface area contributed by atoms with Crippen LogP contribution in [0.3, 0.4) is 0 Å². The van der Waals surface area contributed by atoms with Crippen LogP contribution in [-0.2, 0) is 25.5 Å². The number of aromatic nitrogens is 1. The number of piperidine rings is 1. The van der Waals surface area contributed by atoms with Crippen LogP contribution >= 0.6 is 24.0 Å². The van der Waals surface area contributed by atoms with Gasteiger partial charge in [-0.15, -0.1) is 11.3 Å². The Bertz CT molecular complexity index is 1530. The van der Waals surface area contributed by atoms with Gasteiger partial charge in [-0.1, -0.05) is 73.4 Å². The van der Waals surface area contributed by atoms with Crippen molar-refractivity contribution in [2.75, 3.05) is 32.5 Å². The number of nitrogens with zero attached hydrogens (tertiary/aromatic N) is 3. The van der Waals surface area contributed by atoms with Gasteiger partial charge in [-0.25, -0.2) is 4.98 Å². The lowest BCUT2D eigenvalue weighted by molar-refractivity contribution is -0.145. The zero-order valence-corrected chi connectivity index (χ0v) is 37.7. The summed E-state index contributed by atoms with van der Waals surface area (Å²) in [7, 11) is 2.02. The second-order valence-electron chi connectivity index (χ2n) is 16.6. The summed E-state index contributed by atoms with van der Waals surface area (Å²) in [4.78, 5) is 64.3. The van der Waals surface area contributed by atoms with Crippen molar-refractivity contribution in [1.82, 2.24) is 20.1 Å². The molecule has 0 spiro atoms. The first-order chi connectivity index (χ1) is 27.2. The van der Waals surface area contributed by atoms with Crippen molar-refractivity contribution in [3.63, 3.8) is 0 Å². The lowest BCUT2D eigenvalue weighted by Crippen LogP contribution is -2.50. The zero-order chi connectivity index (χ0) is 42.1. The number of hydrogen-bond donors (Lipinski definition) is 3. The average molecular weight is 829 g/mol. The number of aromatic hydroxyl groups is 1. The molecule has 10 nitrogen and oxygen atoms in total. The van der Waals surface area contributed by atoms with Gasteiger partial charge in [0, 0.05) is 61.7 Å². The minimum atomic E-state index is -0.437. The van der Waals surface area contributed by atoms with Crippen LogP contribution in [-0.4, -0.2) is 93.9 Å². The molecule has 12 heteroatoms. The maximum Gasteiger partial charge on any atom is 0.270 e. The van der Waals surface area contributed by atoms with Crippen LogP contribution in [0.5, 0.6) is 5.75 Å². The fraction of sp³-hybridized carbons (Fsp3) is 0.711. The molecular weight excluding hydrogens is 757 g/mol. The summed E-state index contributed by atoms with van der Waals surface area (Å²) in [6.07, 6.45) is 7.84. The van der Waals surface area contributed by atoms with Gasteiger partial charge in [-0.2, -0.15) is 12.6 Å². The number of ether oxygens (including phenoxy) is 1. The Balaban J connectivity index is 1.87. The van der Waals surface area contributed by atoms with Gasteiger partial charge in [-0.05, 0) is 93.8 Å². The number of phenols is 1. The third-order valence-electron chi connectivity index (χ3n) is 11.7. The standard InChI is InChI=1S/C45H72N4O6S2/c1-9-21-49(45(54)36(31(6)11-3)27-41(52)38-15-12-13-22-48(38)8)39(30(4)5)28-42(55-23-10-2)44-47-37(29-57-44)43(53)46-34(25-32(7)40(51)16-14-24-56)26-33-17-19-35(50)20-18-33/h17-20,29-32,34,36,38-39,42,50,56H,9-16,21-28H2,1-8H3,(H,46,53)/t31-,32-,34+,36-,38+,39+,42+/m0/s1. The molecule has 0 saturated carbocycles. The zero-order valence-electron chi connectivity index (χ0n) is 36.0. The van der Waals surface area contributed by atoms with Crippen LogP contribution in [0.25, 0.3) is 0 Å². The van der Waals surface area contributed by atoms with Crippen molar-refractivity contribution in [3.8, 4) is 5.75 Å². The summed E-state index contributed by atoms with van der Waals surface area (Å²) < 4.78 is 6.48. The van der Waals surface area contributed by atoms with Gasteiger partial charge in [0.2, 0.25) is 5.91 Å². The van der Waals surface area contributed by atoms with E-state index in [0.717, 1.165) is 50.6 Å². The molecule has 1 aromatic heterocycles. The number of carbonyl (C=O) groups is 4. The fourth-order valence-electron chi connectivity index (χ4n) is 7.99. The van der Waals surface area contributed by atoms with Crippen LogP contribution in [0.15, 0.2) is 29.6 Å². The molecule has 0 aliphatic carbocycles. The minimum Gasteiger partial charge on any atom is -0.508 e. The van der Waals surface area contributed by atoms with Crippen molar-refractivity contribution in [1.29, 1.82) is 0 Å². The molecule has 1 aromatic carbocycles. The number of ketones is 2. The average Bonchev–Trinajstić information content (AvgIpc) is 3.69. The van der Waals surface area contributed by atoms with Gasteiger partial charge < -0.3 is 20.1 Å². The number of likely N-dealkylation sites (tertiary alicyclic amines) is 1. The van der Waals surface area contributed by atoms with E-state index in [1.807, 2.05) is 31.0 Å². The van der Waals surface area contributed by atoms with Crippen molar-refractivity contribution in [3.05, 3.63) is 45.9 Å². The minimum absolute atomic E-state index is 0.0446. The molecule has 2 heterocycles. The Hall–Kier alpha value is -2.80. The van der Waals surface area contributed by atoms with Crippen LogP contribution in [0.4, 0.5) is 0 Å². The summed E-state index contributed by atoms with van der Waals surface area (Å²) in [6, 6.07) is 6.27. The lowest BCUT2D eigenvalue weighted by Gasteiger charge is -2.40. The van der Waals surface area contributed by atoms with E-state index in [9.17, 15) is 24.3 Å². The highest BCUT2D eigenvalue weighted by Crippen LogP contribution is 2.34. The number of benzene rings is 1. The van der Waals surface area contributed by atoms with E-state index in [1.165, 1.54) is 11.3 Å². The van der Waals surface area contributed by atoms with Crippen LogP contribution in [0, 0.1) is 23.7 Å². The van der Waals surface area contributed by atoms with Gasteiger partial charge in [-0.3, -0.25) is 24.1 Å². The summed E-state index contributed by atoms with van der Waals surface area (Å²) >= 11 is 5.64. The predicted molar refractivity (Wildman–Crippen MR) is 234 cm³/mol. The normalized spacial score (nSPS) is 18.0. The van der Waals surface area contributed by atoms with E-state index in [1.54, 1.807) is 17.5 Å². The molecule has 320 valence electrons.